The molecule has 0 atom stereocenters. The van der Waals surface area contributed by atoms with Crippen molar-refractivity contribution in [1.29, 1.82) is 0 Å². The van der Waals surface area contributed by atoms with Crippen LogP contribution in [-0.4, -0.2) is 23.4 Å². The Kier molecular flexibility index (Phi) is 12.0. The fourth-order valence-electron chi connectivity index (χ4n) is 1.22. The van der Waals surface area contributed by atoms with E-state index in [-0.39, 0.29) is 12.4 Å². The van der Waals surface area contributed by atoms with Gasteiger partial charge in [-0.1, -0.05) is 0 Å². The average molecular weight is 355 g/mol. The summed E-state index contributed by atoms with van der Waals surface area (Å²) in [6.45, 7) is 0. The van der Waals surface area contributed by atoms with Crippen LogP contribution in [0.25, 0.3) is 0 Å². The normalized spacial score (nSPS) is 9.77. The zero-order valence-electron chi connectivity index (χ0n) is 13.7. The molecule has 0 fully saturated rings. The minimum absolute atomic E-state index is 0. The summed E-state index contributed by atoms with van der Waals surface area (Å²) in [6, 6.07) is 0. The first-order valence-corrected chi connectivity index (χ1v) is 7.53. The molecular weight excluding hydrogens is 331 g/mol. The van der Waals surface area contributed by atoms with E-state index in [1.54, 1.807) is 0 Å². The molecule has 0 aliphatic heterocycles. The lowest BCUT2D eigenvalue weighted by Crippen LogP contribution is -3.00. The second-order valence-electron chi connectivity index (χ2n) is 4.30. The van der Waals surface area contributed by atoms with Crippen molar-refractivity contribution in [2.75, 3.05) is 14.2 Å². The number of aryl methyl sites for hydroxylation is 4. The topological polar surface area (TPSA) is 76.2 Å². The van der Waals surface area contributed by atoms with Crippen LogP contribution in [0.15, 0.2) is 37.4 Å². The zero-order valence-corrected chi connectivity index (χ0v) is 15.4. The summed E-state index contributed by atoms with van der Waals surface area (Å²) in [5.41, 5.74) is 0. The van der Waals surface area contributed by atoms with Gasteiger partial charge in [0.25, 0.3) is 7.82 Å². The van der Waals surface area contributed by atoms with Crippen LogP contribution in [0.1, 0.15) is 0 Å². The number of hydrogen-bond acceptors (Lipinski definition) is 4. The molecule has 0 aliphatic carbocycles. The fraction of sp³-hybridized carbons (Fsp3) is 0.500. The molecule has 22 heavy (non-hydrogen) atoms. The second-order valence-corrected chi connectivity index (χ2v) is 5.93. The molecule has 128 valence electrons. The van der Waals surface area contributed by atoms with Crippen molar-refractivity contribution >= 4 is 7.82 Å². The SMILES string of the molecule is COP(=O)([O-])OC.Cn1cc[n+](C)c1.Cn1cc[n+](C)c1.[Cl-]. The number of aromatic nitrogens is 4. The van der Waals surface area contributed by atoms with Gasteiger partial charge in [-0.15, -0.1) is 0 Å². The smallest absolute Gasteiger partial charge is 0.267 e. The van der Waals surface area contributed by atoms with Gasteiger partial charge in [-0.05, 0) is 0 Å². The lowest BCUT2D eigenvalue weighted by molar-refractivity contribution is -0.671. The molecular formula is C12H24ClN4O4P. The van der Waals surface area contributed by atoms with Crippen LogP contribution in [0.3, 0.4) is 0 Å². The van der Waals surface area contributed by atoms with Crippen LogP contribution in [0, 0.1) is 0 Å². The Hall–Kier alpha value is -1.18. The number of hydrogen-bond donors (Lipinski definition) is 0. The minimum atomic E-state index is -3.90. The van der Waals surface area contributed by atoms with E-state index in [2.05, 4.69) is 9.05 Å². The number of phosphoric acid groups is 1. The van der Waals surface area contributed by atoms with Crippen LogP contribution in [0.5, 0.6) is 0 Å². The molecule has 2 aromatic rings. The van der Waals surface area contributed by atoms with E-state index in [0.29, 0.717) is 0 Å². The fourth-order valence-corrected chi connectivity index (χ4v) is 1.37. The number of imidazole rings is 2. The molecule has 2 rings (SSSR count). The van der Waals surface area contributed by atoms with Crippen molar-refractivity contribution in [2.45, 2.75) is 0 Å². The quantitative estimate of drug-likeness (QED) is 0.413. The Balaban J connectivity index is 0. The standard InChI is InChI=1S/2C5H9N2.C2H7O4P.ClH/c2*1-6-3-4-7(2)5-6;1-5-7(3,4)6-2;/h2*3-5H,1-2H3;1-2H3,(H,3,4);1H/q2*+1;;/p-2. The third kappa shape index (κ3) is 11.5. The van der Waals surface area contributed by atoms with Crippen molar-refractivity contribution < 1.29 is 40.0 Å². The summed E-state index contributed by atoms with van der Waals surface area (Å²) in [6.07, 6.45) is 12.0. The Labute approximate surface area is 137 Å². The molecule has 2 heterocycles. The summed E-state index contributed by atoms with van der Waals surface area (Å²) < 4.78 is 25.7. The van der Waals surface area contributed by atoms with Gasteiger partial charge in [0.15, 0.2) is 0 Å². The van der Waals surface area contributed by atoms with Gasteiger partial charge >= 0.3 is 0 Å². The largest absolute Gasteiger partial charge is 1.00 e. The zero-order chi connectivity index (χ0) is 16.5. The molecule has 8 nitrogen and oxygen atoms in total. The highest BCUT2D eigenvalue weighted by Gasteiger charge is 1.98. The van der Waals surface area contributed by atoms with Crippen LogP contribution in [0.2, 0.25) is 0 Å². The highest BCUT2D eigenvalue weighted by Crippen LogP contribution is 2.34. The molecule has 0 aliphatic rings. The molecule has 0 N–H and O–H groups in total. The molecule has 0 spiro atoms. The Bertz CT molecular complexity index is 494. The van der Waals surface area contributed by atoms with Crippen molar-refractivity contribution in [3.63, 3.8) is 0 Å². The summed E-state index contributed by atoms with van der Waals surface area (Å²) in [5, 5.41) is 0. The van der Waals surface area contributed by atoms with Crippen molar-refractivity contribution in [1.82, 2.24) is 9.13 Å². The Morgan fingerprint density at radius 3 is 1.32 bits per heavy atom. The van der Waals surface area contributed by atoms with Gasteiger partial charge in [0.1, 0.15) is 24.8 Å². The second kappa shape index (κ2) is 11.4. The Morgan fingerprint density at radius 2 is 1.27 bits per heavy atom. The van der Waals surface area contributed by atoms with E-state index in [4.69, 9.17) is 0 Å². The lowest BCUT2D eigenvalue weighted by Gasteiger charge is -2.16. The van der Waals surface area contributed by atoms with E-state index in [0.717, 1.165) is 14.2 Å². The first kappa shape index (κ1) is 23.1. The minimum Gasteiger partial charge on any atom is -1.00 e. The number of rotatable bonds is 2. The first-order chi connectivity index (χ1) is 9.70. The number of nitrogens with zero attached hydrogens (tertiary/aromatic N) is 4. The van der Waals surface area contributed by atoms with Crippen molar-refractivity contribution in [2.24, 2.45) is 28.2 Å². The Morgan fingerprint density at radius 1 is 0.955 bits per heavy atom. The highest BCUT2D eigenvalue weighted by molar-refractivity contribution is 7.45. The predicted octanol–water partition coefficient (Wildman–Crippen LogP) is -3.55. The monoisotopic (exact) mass is 354 g/mol. The van der Waals surface area contributed by atoms with Crippen LogP contribution < -0.4 is 26.4 Å². The van der Waals surface area contributed by atoms with Gasteiger partial charge in [-0.25, -0.2) is 18.3 Å². The van der Waals surface area contributed by atoms with Crippen molar-refractivity contribution in [3.05, 3.63) is 37.4 Å². The number of halogens is 1. The molecule has 0 aromatic carbocycles. The van der Waals surface area contributed by atoms with Gasteiger partial charge in [0, 0.05) is 14.2 Å². The summed E-state index contributed by atoms with van der Waals surface area (Å²) in [5.74, 6) is 0. The van der Waals surface area contributed by atoms with Crippen molar-refractivity contribution in [3.8, 4) is 0 Å². The molecule has 0 amide bonds. The third-order valence-corrected chi connectivity index (χ3v) is 3.14. The van der Waals surface area contributed by atoms with Gasteiger partial charge in [-0.2, -0.15) is 0 Å². The molecule has 0 saturated heterocycles. The summed E-state index contributed by atoms with van der Waals surface area (Å²) in [7, 11) is 6.17. The van der Waals surface area contributed by atoms with E-state index >= 15 is 0 Å². The molecule has 0 radical (unpaired) electrons. The van der Waals surface area contributed by atoms with Gasteiger partial charge < -0.3 is 26.3 Å². The van der Waals surface area contributed by atoms with Crippen LogP contribution in [-0.2, 0) is 41.8 Å². The van der Waals surface area contributed by atoms with Crippen LogP contribution in [0.4, 0.5) is 0 Å². The molecule has 0 unspecified atom stereocenters. The first-order valence-electron chi connectivity index (χ1n) is 6.07. The van der Waals surface area contributed by atoms with Gasteiger partial charge in [0.2, 0.25) is 12.7 Å². The van der Waals surface area contributed by atoms with Crippen LogP contribution >= 0.6 is 7.82 Å². The molecule has 2 aromatic heterocycles. The summed E-state index contributed by atoms with van der Waals surface area (Å²) >= 11 is 0. The van der Waals surface area contributed by atoms with E-state index in [1.165, 1.54) is 0 Å². The van der Waals surface area contributed by atoms with E-state index in [1.807, 2.05) is 83.9 Å². The predicted molar refractivity (Wildman–Crippen MR) is 74.8 cm³/mol. The molecule has 0 bridgehead atoms. The van der Waals surface area contributed by atoms with Gasteiger partial charge in [0.05, 0.1) is 28.2 Å². The maximum atomic E-state index is 9.95. The highest BCUT2D eigenvalue weighted by atomic mass is 35.5. The maximum Gasteiger partial charge on any atom is 0.267 e. The van der Waals surface area contributed by atoms with Gasteiger partial charge in [-0.3, -0.25) is 4.57 Å². The molecule has 10 heteroatoms. The molecule has 0 saturated carbocycles. The van der Waals surface area contributed by atoms with E-state index < -0.39 is 7.82 Å². The third-order valence-electron chi connectivity index (χ3n) is 2.25. The number of phosphoric ester groups is 1. The lowest BCUT2D eigenvalue weighted by atomic mass is 10.9. The summed E-state index contributed by atoms with van der Waals surface area (Å²) in [4.78, 5) is 9.95. The van der Waals surface area contributed by atoms with E-state index in [9.17, 15) is 9.46 Å². The average Bonchev–Trinajstić information content (AvgIpc) is 2.99. The maximum absolute atomic E-state index is 9.95.